The molecule has 5 nitrogen and oxygen atoms in total. The van der Waals surface area contributed by atoms with Crippen LogP contribution in [0.4, 0.5) is 0 Å². The van der Waals surface area contributed by atoms with Crippen molar-refractivity contribution >= 4 is 0 Å². The molecule has 1 heterocycles. The molecular formula is C15H14O5. The van der Waals surface area contributed by atoms with Gasteiger partial charge in [0.25, 0.3) is 0 Å². The van der Waals surface area contributed by atoms with E-state index < -0.39 is 24.1 Å². The van der Waals surface area contributed by atoms with Crippen molar-refractivity contribution in [1.82, 2.24) is 0 Å². The zero-order valence-corrected chi connectivity index (χ0v) is 10.5. The molecular weight excluding hydrogens is 260 g/mol. The molecule has 1 aliphatic heterocycles. The molecule has 5 heteroatoms. The van der Waals surface area contributed by atoms with Gasteiger partial charge in [0.1, 0.15) is 12.2 Å². The number of aliphatic hydroxyl groups excluding tert-OH is 2. The van der Waals surface area contributed by atoms with Gasteiger partial charge in [0.15, 0.2) is 17.6 Å². The van der Waals surface area contributed by atoms with Crippen LogP contribution in [-0.4, -0.2) is 26.5 Å². The van der Waals surface area contributed by atoms with Gasteiger partial charge in [-0.1, -0.05) is 30.3 Å². The molecule has 0 radical (unpaired) electrons. The van der Waals surface area contributed by atoms with Gasteiger partial charge in [0, 0.05) is 5.56 Å². The van der Waals surface area contributed by atoms with E-state index in [0.717, 1.165) is 0 Å². The first-order valence-electron chi connectivity index (χ1n) is 6.22. The van der Waals surface area contributed by atoms with E-state index >= 15 is 0 Å². The fourth-order valence-electron chi connectivity index (χ4n) is 2.39. The normalized spacial score (nSPS) is 24.8. The summed E-state index contributed by atoms with van der Waals surface area (Å²) in [6, 6.07) is 11.6. The van der Waals surface area contributed by atoms with Crippen molar-refractivity contribution < 1.29 is 25.2 Å². The van der Waals surface area contributed by atoms with Crippen LogP contribution in [-0.2, 0) is 0 Å². The van der Waals surface area contributed by atoms with Crippen LogP contribution in [0.25, 0.3) is 0 Å². The molecule has 0 amide bonds. The Kier molecular flexibility index (Phi) is 3.00. The molecule has 0 saturated carbocycles. The van der Waals surface area contributed by atoms with E-state index in [9.17, 15) is 20.4 Å². The number of benzene rings is 2. The second kappa shape index (κ2) is 4.70. The van der Waals surface area contributed by atoms with Crippen molar-refractivity contribution in [2.75, 3.05) is 0 Å². The lowest BCUT2D eigenvalue weighted by atomic mass is 9.92. The molecule has 3 unspecified atom stereocenters. The molecule has 20 heavy (non-hydrogen) atoms. The summed E-state index contributed by atoms with van der Waals surface area (Å²) >= 11 is 0. The molecule has 4 N–H and O–H groups in total. The minimum Gasteiger partial charge on any atom is -0.504 e. The van der Waals surface area contributed by atoms with E-state index in [2.05, 4.69) is 0 Å². The van der Waals surface area contributed by atoms with Gasteiger partial charge in [-0.25, -0.2) is 0 Å². The second-order valence-electron chi connectivity index (χ2n) is 4.74. The van der Waals surface area contributed by atoms with Crippen molar-refractivity contribution in [3.8, 4) is 17.2 Å². The van der Waals surface area contributed by atoms with E-state index in [-0.39, 0.29) is 17.1 Å². The summed E-state index contributed by atoms with van der Waals surface area (Å²) in [7, 11) is 0. The van der Waals surface area contributed by atoms with Crippen LogP contribution in [0.3, 0.4) is 0 Å². The molecule has 104 valence electrons. The molecule has 0 aromatic heterocycles. The molecule has 3 rings (SSSR count). The van der Waals surface area contributed by atoms with E-state index in [0.29, 0.717) is 5.56 Å². The fraction of sp³-hybridized carbons (Fsp3) is 0.200. The van der Waals surface area contributed by atoms with Crippen LogP contribution in [0.1, 0.15) is 23.3 Å². The first-order chi connectivity index (χ1) is 9.59. The number of ether oxygens (including phenoxy) is 1. The summed E-state index contributed by atoms with van der Waals surface area (Å²) in [6.45, 7) is 0. The van der Waals surface area contributed by atoms with Gasteiger partial charge >= 0.3 is 0 Å². The average molecular weight is 274 g/mol. The lowest BCUT2D eigenvalue weighted by Gasteiger charge is -2.34. The number of phenols is 2. The van der Waals surface area contributed by atoms with Crippen LogP contribution in [0.2, 0.25) is 0 Å². The Bertz CT molecular complexity index is 626. The number of hydrogen-bond acceptors (Lipinski definition) is 5. The summed E-state index contributed by atoms with van der Waals surface area (Å²) in [5.41, 5.74) is 0.924. The van der Waals surface area contributed by atoms with E-state index in [1.807, 2.05) is 6.07 Å². The van der Waals surface area contributed by atoms with Gasteiger partial charge in [0.2, 0.25) is 5.75 Å². The molecule has 3 atom stereocenters. The van der Waals surface area contributed by atoms with Crippen LogP contribution < -0.4 is 4.74 Å². The van der Waals surface area contributed by atoms with Gasteiger partial charge in [-0.15, -0.1) is 0 Å². The van der Waals surface area contributed by atoms with Crippen LogP contribution in [0.15, 0.2) is 42.5 Å². The Balaban J connectivity index is 2.08. The Morgan fingerprint density at radius 3 is 2.30 bits per heavy atom. The van der Waals surface area contributed by atoms with Crippen molar-refractivity contribution in [2.45, 2.75) is 18.3 Å². The van der Waals surface area contributed by atoms with Gasteiger partial charge in [-0.05, 0) is 17.7 Å². The van der Waals surface area contributed by atoms with Crippen molar-refractivity contribution in [2.24, 2.45) is 0 Å². The van der Waals surface area contributed by atoms with Crippen molar-refractivity contribution in [1.29, 1.82) is 0 Å². The standard InChI is InChI=1S/C15H14O5/c16-10-7-6-9-11(17)13(19)14(20-15(9)12(10)18)8-4-2-1-3-5-8/h1-7,11,13-14,16-19H. The zero-order chi connectivity index (χ0) is 14.3. The number of aromatic hydroxyl groups is 2. The van der Waals surface area contributed by atoms with Gasteiger partial charge < -0.3 is 25.2 Å². The maximum Gasteiger partial charge on any atom is 0.200 e. The van der Waals surface area contributed by atoms with Crippen LogP contribution in [0.5, 0.6) is 17.2 Å². The minimum absolute atomic E-state index is 0.00310. The summed E-state index contributed by atoms with van der Waals surface area (Å²) in [5.74, 6) is -0.773. The van der Waals surface area contributed by atoms with Crippen molar-refractivity contribution in [3.05, 3.63) is 53.6 Å². The monoisotopic (exact) mass is 274 g/mol. The molecule has 1 aliphatic rings. The lowest BCUT2D eigenvalue weighted by Crippen LogP contribution is -2.34. The predicted molar refractivity (Wildman–Crippen MR) is 70.5 cm³/mol. The number of fused-ring (bicyclic) bond motifs is 1. The molecule has 0 fully saturated rings. The number of aliphatic hydroxyl groups is 2. The highest BCUT2D eigenvalue weighted by Gasteiger charge is 2.38. The van der Waals surface area contributed by atoms with Crippen molar-refractivity contribution in [3.63, 3.8) is 0 Å². The van der Waals surface area contributed by atoms with Gasteiger partial charge in [-0.3, -0.25) is 0 Å². The Morgan fingerprint density at radius 2 is 1.60 bits per heavy atom. The Morgan fingerprint density at radius 1 is 0.900 bits per heavy atom. The number of hydrogen-bond donors (Lipinski definition) is 4. The summed E-state index contributed by atoms with van der Waals surface area (Å²) in [6.07, 6.45) is -3.17. The maximum absolute atomic E-state index is 10.2. The predicted octanol–water partition coefficient (Wildman–Crippen LogP) is 1.63. The topological polar surface area (TPSA) is 90.2 Å². The van der Waals surface area contributed by atoms with E-state index in [4.69, 9.17) is 4.74 Å². The SMILES string of the molecule is Oc1ccc2c(c1O)OC(c1ccccc1)C(O)C2O. The molecule has 0 bridgehead atoms. The quantitative estimate of drug-likeness (QED) is 0.593. The smallest absolute Gasteiger partial charge is 0.200 e. The molecule has 0 spiro atoms. The summed E-state index contributed by atoms with van der Waals surface area (Å²) in [4.78, 5) is 0. The second-order valence-corrected chi connectivity index (χ2v) is 4.74. The lowest BCUT2D eigenvalue weighted by molar-refractivity contribution is -0.0710. The highest BCUT2D eigenvalue weighted by Crippen LogP contribution is 2.48. The molecule has 0 saturated heterocycles. The van der Waals surface area contributed by atoms with E-state index in [1.54, 1.807) is 24.3 Å². The molecule has 2 aromatic rings. The average Bonchev–Trinajstić information content (AvgIpc) is 2.47. The molecule has 2 aromatic carbocycles. The van der Waals surface area contributed by atoms with Crippen LogP contribution in [0, 0.1) is 0 Å². The highest BCUT2D eigenvalue weighted by molar-refractivity contribution is 5.56. The number of rotatable bonds is 1. The first-order valence-corrected chi connectivity index (χ1v) is 6.22. The summed E-state index contributed by atoms with van der Waals surface area (Å²) < 4.78 is 5.59. The minimum atomic E-state index is -1.20. The zero-order valence-electron chi connectivity index (χ0n) is 10.5. The first kappa shape index (κ1) is 12.8. The van der Waals surface area contributed by atoms with E-state index in [1.165, 1.54) is 12.1 Å². The number of phenolic OH excluding ortho intramolecular Hbond substituents is 2. The van der Waals surface area contributed by atoms with Gasteiger partial charge in [0.05, 0.1) is 0 Å². The summed E-state index contributed by atoms with van der Waals surface area (Å²) in [5, 5.41) is 39.7. The largest absolute Gasteiger partial charge is 0.504 e. The Labute approximate surface area is 115 Å². The Hall–Kier alpha value is -2.24. The highest BCUT2D eigenvalue weighted by atomic mass is 16.5. The molecule has 0 aliphatic carbocycles. The third-order valence-electron chi connectivity index (χ3n) is 3.47. The van der Waals surface area contributed by atoms with Crippen LogP contribution >= 0.6 is 0 Å². The van der Waals surface area contributed by atoms with Gasteiger partial charge in [-0.2, -0.15) is 0 Å². The third-order valence-corrected chi connectivity index (χ3v) is 3.47. The maximum atomic E-state index is 10.2. The third kappa shape index (κ3) is 1.88. The fourth-order valence-corrected chi connectivity index (χ4v) is 2.39.